The molecule has 1 aliphatic heterocycles. The van der Waals surface area contributed by atoms with Gasteiger partial charge in [0.05, 0.1) is 20.3 Å². The smallest absolute Gasteiger partial charge is 0.330 e. The van der Waals surface area contributed by atoms with Gasteiger partial charge < -0.3 is 14.2 Å². The highest BCUT2D eigenvalue weighted by molar-refractivity contribution is 5.83. The summed E-state index contributed by atoms with van der Waals surface area (Å²) >= 11 is 0. The number of nitrogens with one attached hydrogen (secondary N) is 1. The quantitative estimate of drug-likeness (QED) is 0.811. The molecule has 2 unspecified atom stereocenters. The van der Waals surface area contributed by atoms with Crippen molar-refractivity contribution in [1.82, 2.24) is 5.32 Å². The molecule has 1 aliphatic rings. The SMILES string of the molecule is COC(=O)C(C)(NCC1CCCO1)c1ccccc1OC. The Labute approximate surface area is 125 Å². The van der Waals surface area contributed by atoms with E-state index in [0.29, 0.717) is 12.3 Å². The Morgan fingerprint density at radius 3 is 2.81 bits per heavy atom. The molecule has 1 saturated heterocycles. The van der Waals surface area contributed by atoms with E-state index in [1.165, 1.54) is 7.11 Å². The Kier molecular flexibility index (Phi) is 5.20. The van der Waals surface area contributed by atoms with Crippen molar-refractivity contribution in [2.45, 2.75) is 31.4 Å². The maximum absolute atomic E-state index is 12.3. The highest BCUT2D eigenvalue weighted by Crippen LogP contribution is 2.31. The lowest BCUT2D eigenvalue weighted by atomic mass is 9.90. The molecule has 1 heterocycles. The lowest BCUT2D eigenvalue weighted by Gasteiger charge is -2.31. The van der Waals surface area contributed by atoms with Crippen molar-refractivity contribution in [3.05, 3.63) is 29.8 Å². The first-order valence-corrected chi connectivity index (χ1v) is 7.20. The number of esters is 1. The summed E-state index contributed by atoms with van der Waals surface area (Å²) < 4.78 is 16.0. The first-order valence-electron chi connectivity index (χ1n) is 7.20. The van der Waals surface area contributed by atoms with E-state index in [0.717, 1.165) is 25.0 Å². The minimum atomic E-state index is -0.965. The van der Waals surface area contributed by atoms with Crippen molar-refractivity contribution in [3.8, 4) is 5.75 Å². The number of hydrogen-bond acceptors (Lipinski definition) is 5. The van der Waals surface area contributed by atoms with Crippen LogP contribution in [0.4, 0.5) is 0 Å². The van der Waals surface area contributed by atoms with Gasteiger partial charge in [0.1, 0.15) is 11.3 Å². The van der Waals surface area contributed by atoms with Crippen LogP contribution in [0.25, 0.3) is 0 Å². The first-order chi connectivity index (χ1) is 10.1. The van der Waals surface area contributed by atoms with Crippen LogP contribution in [0.1, 0.15) is 25.3 Å². The largest absolute Gasteiger partial charge is 0.496 e. The molecule has 0 spiro atoms. The number of hydrogen-bond donors (Lipinski definition) is 1. The Bertz CT molecular complexity index is 485. The van der Waals surface area contributed by atoms with Crippen LogP contribution in [0, 0.1) is 0 Å². The van der Waals surface area contributed by atoms with Gasteiger partial charge in [0.15, 0.2) is 0 Å². The molecule has 0 saturated carbocycles. The van der Waals surface area contributed by atoms with Gasteiger partial charge in [-0.3, -0.25) is 5.32 Å². The van der Waals surface area contributed by atoms with E-state index in [-0.39, 0.29) is 12.1 Å². The van der Waals surface area contributed by atoms with Crippen LogP contribution in [0.15, 0.2) is 24.3 Å². The van der Waals surface area contributed by atoms with Crippen molar-refractivity contribution >= 4 is 5.97 Å². The van der Waals surface area contributed by atoms with Crippen LogP contribution in [0.5, 0.6) is 5.75 Å². The number of benzene rings is 1. The molecule has 1 aromatic carbocycles. The third-order valence-corrected chi connectivity index (χ3v) is 3.95. The van der Waals surface area contributed by atoms with Gasteiger partial charge in [0.25, 0.3) is 0 Å². The zero-order chi connectivity index (χ0) is 15.3. The number of rotatable bonds is 6. The molecule has 5 nitrogen and oxygen atoms in total. The van der Waals surface area contributed by atoms with E-state index in [4.69, 9.17) is 14.2 Å². The van der Waals surface area contributed by atoms with Crippen molar-refractivity contribution in [2.24, 2.45) is 0 Å². The van der Waals surface area contributed by atoms with E-state index < -0.39 is 5.54 Å². The molecule has 21 heavy (non-hydrogen) atoms. The van der Waals surface area contributed by atoms with Gasteiger partial charge in [-0.25, -0.2) is 4.79 Å². The maximum Gasteiger partial charge on any atom is 0.330 e. The Hall–Kier alpha value is -1.59. The minimum Gasteiger partial charge on any atom is -0.496 e. The van der Waals surface area contributed by atoms with Crippen molar-refractivity contribution in [3.63, 3.8) is 0 Å². The fourth-order valence-electron chi connectivity index (χ4n) is 2.66. The lowest BCUT2D eigenvalue weighted by molar-refractivity contribution is -0.148. The predicted octanol–water partition coefficient (Wildman–Crippen LogP) is 1.85. The number of methoxy groups -OCH3 is 2. The fraction of sp³-hybridized carbons (Fsp3) is 0.562. The number of ether oxygens (including phenoxy) is 3. The zero-order valence-corrected chi connectivity index (χ0v) is 12.8. The van der Waals surface area contributed by atoms with Crippen molar-refractivity contribution < 1.29 is 19.0 Å². The molecule has 1 N–H and O–H groups in total. The molecule has 5 heteroatoms. The summed E-state index contributed by atoms with van der Waals surface area (Å²) in [5, 5.41) is 3.30. The molecule has 0 bridgehead atoms. The second-order valence-electron chi connectivity index (χ2n) is 5.33. The van der Waals surface area contributed by atoms with Gasteiger partial charge in [0.2, 0.25) is 0 Å². The second-order valence-corrected chi connectivity index (χ2v) is 5.33. The maximum atomic E-state index is 12.3. The van der Waals surface area contributed by atoms with Gasteiger partial charge in [-0.2, -0.15) is 0 Å². The predicted molar refractivity (Wildman–Crippen MR) is 79.3 cm³/mol. The number of para-hydroxylation sites is 1. The third-order valence-electron chi connectivity index (χ3n) is 3.95. The Balaban J connectivity index is 2.25. The normalized spacial score (nSPS) is 20.8. The van der Waals surface area contributed by atoms with E-state index in [9.17, 15) is 4.79 Å². The summed E-state index contributed by atoms with van der Waals surface area (Å²) in [4.78, 5) is 12.3. The van der Waals surface area contributed by atoms with Gasteiger partial charge in [0, 0.05) is 18.7 Å². The first kappa shape index (κ1) is 15.8. The second kappa shape index (κ2) is 6.91. The molecular weight excluding hydrogens is 270 g/mol. The fourth-order valence-corrected chi connectivity index (χ4v) is 2.66. The highest BCUT2D eigenvalue weighted by atomic mass is 16.5. The van der Waals surface area contributed by atoms with Crippen LogP contribution in [-0.2, 0) is 19.8 Å². The average Bonchev–Trinajstić information content (AvgIpc) is 3.05. The molecule has 1 fully saturated rings. The minimum absolute atomic E-state index is 0.142. The highest BCUT2D eigenvalue weighted by Gasteiger charge is 2.39. The van der Waals surface area contributed by atoms with Gasteiger partial charge in [-0.05, 0) is 25.8 Å². The molecule has 2 atom stereocenters. The van der Waals surface area contributed by atoms with E-state index in [1.807, 2.05) is 31.2 Å². The summed E-state index contributed by atoms with van der Waals surface area (Å²) in [5.41, 5.74) is -0.204. The Morgan fingerprint density at radius 2 is 2.19 bits per heavy atom. The number of carbonyl (C=O) groups is 1. The van der Waals surface area contributed by atoms with E-state index in [2.05, 4.69) is 5.32 Å². The van der Waals surface area contributed by atoms with Crippen LogP contribution in [0.2, 0.25) is 0 Å². The van der Waals surface area contributed by atoms with E-state index >= 15 is 0 Å². The topological polar surface area (TPSA) is 56.8 Å². The summed E-state index contributed by atoms with van der Waals surface area (Å²) in [6.45, 7) is 3.20. The van der Waals surface area contributed by atoms with Gasteiger partial charge >= 0.3 is 5.97 Å². The zero-order valence-electron chi connectivity index (χ0n) is 12.8. The lowest BCUT2D eigenvalue weighted by Crippen LogP contribution is -2.50. The monoisotopic (exact) mass is 293 g/mol. The molecule has 116 valence electrons. The summed E-state index contributed by atoms with van der Waals surface area (Å²) in [6, 6.07) is 7.47. The van der Waals surface area contributed by atoms with Crippen LogP contribution < -0.4 is 10.1 Å². The van der Waals surface area contributed by atoms with Crippen LogP contribution >= 0.6 is 0 Å². The van der Waals surface area contributed by atoms with Crippen LogP contribution in [0.3, 0.4) is 0 Å². The number of carbonyl (C=O) groups excluding carboxylic acids is 1. The third kappa shape index (κ3) is 3.36. The molecule has 0 radical (unpaired) electrons. The van der Waals surface area contributed by atoms with Gasteiger partial charge in [-0.15, -0.1) is 0 Å². The molecule has 0 amide bonds. The molecule has 0 aromatic heterocycles. The van der Waals surface area contributed by atoms with Gasteiger partial charge in [-0.1, -0.05) is 18.2 Å². The van der Waals surface area contributed by atoms with Crippen molar-refractivity contribution in [1.29, 1.82) is 0 Å². The van der Waals surface area contributed by atoms with Crippen LogP contribution in [-0.4, -0.2) is 39.4 Å². The Morgan fingerprint density at radius 1 is 1.43 bits per heavy atom. The molecule has 1 aromatic rings. The summed E-state index contributed by atoms with van der Waals surface area (Å²) in [5.74, 6) is 0.315. The standard InChI is InChI=1S/C16H23NO4/c1-16(15(18)20-3,17-11-12-7-6-10-21-12)13-8-4-5-9-14(13)19-2/h4-5,8-9,12,17H,6-7,10-11H2,1-3H3. The molecular formula is C16H23NO4. The summed E-state index contributed by atoms with van der Waals surface area (Å²) in [7, 11) is 2.99. The van der Waals surface area contributed by atoms with Crippen molar-refractivity contribution in [2.75, 3.05) is 27.4 Å². The van der Waals surface area contributed by atoms with E-state index in [1.54, 1.807) is 7.11 Å². The molecule has 2 rings (SSSR count). The summed E-state index contributed by atoms with van der Waals surface area (Å²) in [6.07, 6.45) is 2.22. The average molecular weight is 293 g/mol. The molecule has 0 aliphatic carbocycles.